The van der Waals surface area contributed by atoms with Gasteiger partial charge in [0.05, 0.1) is 17.7 Å². The summed E-state index contributed by atoms with van der Waals surface area (Å²) in [5, 5.41) is 10.8. The molecule has 1 aromatic heterocycles. The van der Waals surface area contributed by atoms with Gasteiger partial charge in [-0.1, -0.05) is 42.5 Å². The molecule has 2 N–H and O–H groups in total. The van der Waals surface area contributed by atoms with Gasteiger partial charge in [-0.2, -0.15) is 5.10 Å². The zero-order valence-electron chi connectivity index (χ0n) is 22.5. The number of carbonyl (C=O) groups excluding carboxylic acids is 3. The van der Waals surface area contributed by atoms with E-state index < -0.39 is 29.8 Å². The SMILES string of the molecule is CC(=O)c1nn(CC(=O)N2C[C@H](F)C[C@H]2C(=O)Nc2cccc(-c3ccc4c(c3)CNCC4)c2F)c2ccccc12. The first-order valence-electron chi connectivity index (χ1n) is 13.6. The highest BCUT2D eigenvalue weighted by Crippen LogP contribution is 2.31. The Morgan fingerprint density at radius 3 is 2.73 bits per heavy atom. The van der Waals surface area contributed by atoms with Gasteiger partial charge in [-0.25, -0.2) is 8.78 Å². The van der Waals surface area contributed by atoms with Crippen LogP contribution in [-0.2, 0) is 29.1 Å². The maximum atomic E-state index is 15.6. The summed E-state index contributed by atoms with van der Waals surface area (Å²) in [6, 6.07) is 16.5. The second-order valence-corrected chi connectivity index (χ2v) is 10.5. The number of para-hydroxylation sites is 1. The minimum atomic E-state index is -1.41. The standard InChI is InChI=1S/C31H29F2N5O3/c1-18(39)30-24-5-2-3-8-26(24)38(36-30)17-28(40)37-16-22(32)14-27(37)31(41)35-25-7-4-6-23(29(25)33)20-10-9-19-11-12-34-15-21(19)13-20/h2-10,13,22,27,34H,11-12,14-17H2,1H3,(H,35,41)/t22-,27+/m1/s1. The van der Waals surface area contributed by atoms with E-state index in [0.29, 0.717) is 28.6 Å². The number of Topliss-reactive ketones (excluding diaryl/α,β-unsaturated/α-hetero) is 1. The van der Waals surface area contributed by atoms with Gasteiger partial charge in [0.15, 0.2) is 11.6 Å². The van der Waals surface area contributed by atoms with Crippen molar-refractivity contribution < 1.29 is 23.2 Å². The third-order valence-corrected chi connectivity index (χ3v) is 7.81. The Balaban J connectivity index is 1.22. The van der Waals surface area contributed by atoms with Crippen molar-refractivity contribution >= 4 is 34.2 Å². The number of nitrogens with zero attached hydrogens (tertiary/aromatic N) is 3. The Labute approximate surface area is 235 Å². The second-order valence-electron chi connectivity index (χ2n) is 10.5. The summed E-state index contributed by atoms with van der Waals surface area (Å²) in [5.41, 5.74) is 4.15. The zero-order valence-corrected chi connectivity index (χ0v) is 22.5. The van der Waals surface area contributed by atoms with Gasteiger partial charge in [0.25, 0.3) is 0 Å². The highest BCUT2D eigenvalue weighted by Gasteiger charge is 2.40. The van der Waals surface area contributed by atoms with E-state index in [1.165, 1.54) is 28.1 Å². The first-order valence-corrected chi connectivity index (χ1v) is 13.6. The largest absolute Gasteiger partial charge is 0.326 e. The first-order chi connectivity index (χ1) is 19.8. The van der Waals surface area contributed by atoms with Crippen LogP contribution in [0.2, 0.25) is 0 Å². The van der Waals surface area contributed by atoms with Crippen molar-refractivity contribution in [1.29, 1.82) is 0 Å². The minimum Gasteiger partial charge on any atom is -0.326 e. The van der Waals surface area contributed by atoms with E-state index in [1.54, 1.807) is 36.4 Å². The topological polar surface area (TPSA) is 96.3 Å². The number of likely N-dealkylation sites (tertiary alicyclic amines) is 1. The molecule has 4 aromatic rings. The Bertz CT molecular complexity index is 1680. The molecule has 0 bridgehead atoms. The van der Waals surface area contributed by atoms with E-state index in [4.69, 9.17) is 0 Å². The van der Waals surface area contributed by atoms with E-state index in [-0.39, 0.29) is 36.7 Å². The van der Waals surface area contributed by atoms with Crippen LogP contribution in [-0.4, -0.2) is 57.6 Å². The second kappa shape index (κ2) is 10.9. The van der Waals surface area contributed by atoms with Gasteiger partial charge in [-0.3, -0.25) is 19.1 Å². The Kier molecular flexibility index (Phi) is 7.08. The number of alkyl halides is 1. The average molecular weight is 558 g/mol. The Morgan fingerprint density at radius 1 is 1.07 bits per heavy atom. The van der Waals surface area contributed by atoms with Crippen LogP contribution in [0.3, 0.4) is 0 Å². The van der Waals surface area contributed by atoms with Crippen molar-refractivity contribution in [3.63, 3.8) is 0 Å². The van der Waals surface area contributed by atoms with E-state index >= 15 is 4.39 Å². The maximum Gasteiger partial charge on any atom is 0.247 e. The van der Waals surface area contributed by atoms with Gasteiger partial charge in [-0.15, -0.1) is 0 Å². The number of halogens is 2. The molecule has 10 heteroatoms. The van der Waals surface area contributed by atoms with E-state index in [2.05, 4.69) is 15.7 Å². The third kappa shape index (κ3) is 5.11. The number of aromatic nitrogens is 2. The molecule has 6 rings (SSSR count). The van der Waals surface area contributed by atoms with Gasteiger partial charge in [0.1, 0.15) is 24.5 Å². The average Bonchev–Trinajstić information content (AvgIpc) is 3.55. The van der Waals surface area contributed by atoms with Gasteiger partial charge in [0, 0.05) is 30.8 Å². The van der Waals surface area contributed by atoms with E-state index in [1.807, 2.05) is 18.2 Å². The van der Waals surface area contributed by atoms with Crippen LogP contribution in [0.1, 0.15) is 35.0 Å². The van der Waals surface area contributed by atoms with Gasteiger partial charge >= 0.3 is 0 Å². The summed E-state index contributed by atoms with van der Waals surface area (Å²) < 4.78 is 31.6. The smallest absolute Gasteiger partial charge is 0.247 e. The molecule has 41 heavy (non-hydrogen) atoms. The molecular formula is C31H29F2N5O3. The van der Waals surface area contributed by atoms with Crippen molar-refractivity contribution in [3.05, 3.63) is 83.3 Å². The molecule has 2 aliphatic rings. The van der Waals surface area contributed by atoms with Gasteiger partial charge in [-0.05, 0) is 47.9 Å². The van der Waals surface area contributed by atoms with Crippen LogP contribution < -0.4 is 10.6 Å². The Morgan fingerprint density at radius 2 is 1.90 bits per heavy atom. The highest BCUT2D eigenvalue weighted by atomic mass is 19.1. The minimum absolute atomic E-state index is 0.0396. The number of ketones is 1. The van der Waals surface area contributed by atoms with Crippen LogP contribution in [0.25, 0.3) is 22.0 Å². The van der Waals surface area contributed by atoms with Crippen molar-refractivity contribution in [2.75, 3.05) is 18.4 Å². The Hall–Kier alpha value is -4.44. The van der Waals surface area contributed by atoms with Crippen molar-refractivity contribution in [3.8, 4) is 11.1 Å². The normalized spacial score (nSPS) is 18.4. The molecule has 3 heterocycles. The van der Waals surface area contributed by atoms with Crippen molar-refractivity contribution in [2.24, 2.45) is 0 Å². The van der Waals surface area contributed by atoms with Crippen molar-refractivity contribution in [1.82, 2.24) is 20.0 Å². The molecule has 3 aromatic carbocycles. The fourth-order valence-corrected chi connectivity index (χ4v) is 5.75. The summed E-state index contributed by atoms with van der Waals surface area (Å²) >= 11 is 0. The predicted octanol–water partition coefficient (Wildman–Crippen LogP) is 4.27. The van der Waals surface area contributed by atoms with Crippen LogP contribution in [0.5, 0.6) is 0 Å². The van der Waals surface area contributed by atoms with Crippen LogP contribution >= 0.6 is 0 Å². The maximum absolute atomic E-state index is 15.6. The molecule has 0 unspecified atom stereocenters. The first kappa shape index (κ1) is 26.8. The molecule has 2 atom stereocenters. The molecule has 0 spiro atoms. The number of carbonyl (C=O) groups is 3. The van der Waals surface area contributed by atoms with Crippen LogP contribution in [0.15, 0.2) is 60.7 Å². The lowest BCUT2D eigenvalue weighted by Crippen LogP contribution is -2.44. The molecule has 0 saturated carbocycles. The monoisotopic (exact) mass is 557 g/mol. The summed E-state index contributed by atoms with van der Waals surface area (Å²) in [6.07, 6.45) is -0.693. The lowest BCUT2D eigenvalue weighted by molar-refractivity contribution is -0.137. The molecule has 1 saturated heterocycles. The number of benzene rings is 3. The molecular weight excluding hydrogens is 528 g/mol. The summed E-state index contributed by atoms with van der Waals surface area (Å²) in [7, 11) is 0. The number of anilines is 1. The molecule has 1 fully saturated rings. The van der Waals surface area contributed by atoms with Gasteiger partial charge in [0.2, 0.25) is 11.8 Å². The van der Waals surface area contributed by atoms with Crippen LogP contribution in [0, 0.1) is 5.82 Å². The molecule has 210 valence electrons. The number of nitrogens with one attached hydrogen (secondary N) is 2. The van der Waals surface area contributed by atoms with Crippen molar-refractivity contribution in [2.45, 2.75) is 45.1 Å². The van der Waals surface area contributed by atoms with Gasteiger partial charge < -0.3 is 15.5 Å². The quantitative estimate of drug-likeness (QED) is 0.346. The zero-order chi connectivity index (χ0) is 28.7. The lowest BCUT2D eigenvalue weighted by Gasteiger charge is -2.24. The fourth-order valence-electron chi connectivity index (χ4n) is 5.75. The number of amides is 2. The molecule has 8 nitrogen and oxygen atoms in total. The fraction of sp³-hybridized carbons (Fsp3) is 0.290. The lowest BCUT2D eigenvalue weighted by atomic mass is 9.95. The highest BCUT2D eigenvalue weighted by molar-refractivity contribution is 6.05. The summed E-state index contributed by atoms with van der Waals surface area (Å²) in [4.78, 5) is 39.9. The number of rotatable bonds is 6. The third-order valence-electron chi connectivity index (χ3n) is 7.81. The van der Waals surface area contributed by atoms with E-state index in [9.17, 15) is 18.8 Å². The summed E-state index contributed by atoms with van der Waals surface area (Å²) in [5.74, 6) is -2.03. The van der Waals surface area contributed by atoms with Crippen LogP contribution in [0.4, 0.5) is 14.5 Å². The van der Waals surface area contributed by atoms with E-state index in [0.717, 1.165) is 18.5 Å². The number of hydrogen-bond acceptors (Lipinski definition) is 5. The number of fused-ring (bicyclic) bond motifs is 2. The molecule has 2 amide bonds. The summed E-state index contributed by atoms with van der Waals surface area (Å²) in [6.45, 7) is 2.47. The predicted molar refractivity (Wildman–Crippen MR) is 151 cm³/mol. The molecule has 0 aliphatic carbocycles. The molecule has 2 aliphatic heterocycles. The molecule has 0 radical (unpaired) electrons. The number of hydrogen-bond donors (Lipinski definition) is 2.